The average Bonchev–Trinajstić information content (AvgIpc) is 2.41. The summed E-state index contributed by atoms with van der Waals surface area (Å²) in [6, 6.07) is 8.56. The Morgan fingerprint density at radius 2 is 1.95 bits per heavy atom. The van der Waals surface area contributed by atoms with Crippen LogP contribution in [0, 0.1) is 17.0 Å². The van der Waals surface area contributed by atoms with E-state index in [4.69, 9.17) is 0 Å². The minimum absolute atomic E-state index is 0.0590. The smallest absolute Gasteiger partial charge is 0.269 e. The highest BCUT2D eigenvalue weighted by Gasteiger charge is 2.09. The lowest BCUT2D eigenvalue weighted by Crippen LogP contribution is -2.07. The van der Waals surface area contributed by atoms with Crippen molar-refractivity contribution in [3.63, 3.8) is 0 Å². The molecule has 1 N–H and O–H groups in total. The van der Waals surface area contributed by atoms with Crippen molar-refractivity contribution in [1.82, 2.24) is 4.98 Å². The van der Waals surface area contributed by atoms with Crippen molar-refractivity contribution in [1.29, 1.82) is 0 Å². The van der Waals surface area contributed by atoms with Gasteiger partial charge >= 0.3 is 0 Å². The van der Waals surface area contributed by atoms with E-state index >= 15 is 0 Å². The molecule has 5 nitrogen and oxygen atoms in total. The Kier molecular flexibility index (Phi) is 3.75. The maximum Gasteiger partial charge on any atom is 0.269 e. The third kappa shape index (κ3) is 3.07. The first-order valence-electron chi connectivity index (χ1n) is 5.99. The molecule has 0 saturated heterocycles. The Morgan fingerprint density at radius 3 is 2.53 bits per heavy atom. The summed E-state index contributed by atoms with van der Waals surface area (Å²) in [5.74, 6) is 0. The summed E-state index contributed by atoms with van der Waals surface area (Å²) in [6.45, 7) is 4.01. The number of nitro benzene ring substituents is 1. The molecule has 2 aromatic rings. The number of aryl methyl sites for hydroxylation is 1. The molecule has 5 heteroatoms. The summed E-state index contributed by atoms with van der Waals surface area (Å²) in [5.41, 5.74) is 3.18. The van der Waals surface area contributed by atoms with E-state index < -0.39 is 4.92 Å². The fourth-order valence-electron chi connectivity index (χ4n) is 1.82. The predicted molar refractivity (Wildman–Crippen MR) is 74.1 cm³/mol. The zero-order valence-electron chi connectivity index (χ0n) is 10.8. The molecule has 0 aliphatic heterocycles. The van der Waals surface area contributed by atoms with Gasteiger partial charge in [0.2, 0.25) is 0 Å². The number of hydrogen-bond donors (Lipinski definition) is 1. The van der Waals surface area contributed by atoms with Crippen LogP contribution in [-0.4, -0.2) is 9.91 Å². The van der Waals surface area contributed by atoms with Crippen LogP contribution in [0.25, 0.3) is 0 Å². The maximum absolute atomic E-state index is 10.6. The standard InChI is InChI=1S/C14H15N3O2/c1-10-7-8-15-9-14(10)16-11(2)12-3-5-13(6-4-12)17(18)19/h3-9,11,16H,1-2H3. The first-order chi connectivity index (χ1) is 9.08. The third-order valence-corrected chi connectivity index (χ3v) is 3.01. The number of rotatable bonds is 4. The molecule has 0 radical (unpaired) electrons. The van der Waals surface area contributed by atoms with Gasteiger partial charge in [-0.1, -0.05) is 12.1 Å². The monoisotopic (exact) mass is 257 g/mol. The van der Waals surface area contributed by atoms with E-state index in [0.29, 0.717) is 0 Å². The normalized spacial score (nSPS) is 11.9. The van der Waals surface area contributed by atoms with Gasteiger partial charge in [-0.15, -0.1) is 0 Å². The van der Waals surface area contributed by atoms with Gasteiger partial charge < -0.3 is 5.32 Å². The Bertz CT molecular complexity index is 581. The molecule has 98 valence electrons. The largest absolute Gasteiger partial charge is 0.377 e. The van der Waals surface area contributed by atoms with Crippen LogP contribution in [0.3, 0.4) is 0 Å². The van der Waals surface area contributed by atoms with Gasteiger partial charge in [-0.05, 0) is 31.0 Å². The van der Waals surface area contributed by atoms with E-state index in [2.05, 4.69) is 10.3 Å². The topological polar surface area (TPSA) is 68.1 Å². The highest BCUT2D eigenvalue weighted by molar-refractivity contribution is 5.50. The van der Waals surface area contributed by atoms with E-state index in [1.54, 1.807) is 24.5 Å². The summed E-state index contributed by atoms with van der Waals surface area (Å²) < 4.78 is 0. The zero-order valence-corrected chi connectivity index (χ0v) is 10.8. The van der Waals surface area contributed by atoms with E-state index in [1.165, 1.54) is 12.1 Å². The van der Waals surface area contributed by atoms with Crippen molar-refractivity contribution in [2.24, 2.45) is 0 Å². The second kappa shape index (κ2) is 5.48. The van der Waals surface area contributed by atoms with Gasteiger partial charge in [0.15, 0.2) is 0 Å². The van der Waals surface area contributed by atoms with Crippen LogP contribution in [0.1, 0.15) is 24.1 Å². The SMILES string of the molecule is Cc1ccncc1NC(C)c1ccc([N+](=O)[O-])cc1. The summed E-state index contributed by atoms with van der Waals surface area (Å²) in [7, 11) is 0. The Balaban J connectivity index is 2.14. The molecule has 0 bridgehead atoms. The molecule has 1 aromatic heterocycles. The second-order valence-corrected chi connectivity index (χ2v) is 4.41. The fraction of sp³-hybridized carbons (Fsp3) is 0.214. The quantitative estimate of drug-likeness (QED) is 0.672. The lowest BCUT2D eigenvalue weighted by atomic mass is 10.1. The molecule has 0 aliphatic rings. The molecule has 0 amide bonds. The van der Waals surface area contributed by atoms with Crippen molar-refractivity contribution in [3.05, 3.63) is 64.0 Å². The molecular formula is C14H15N3O2. The van der Waals surface area contributed by atoms with Crippen LogP contribution >= 0.6 is 0 Å². The van der Waals surface area contributed by atoms with Crippen LogP contribution < -0.4 is 5.32 Å². The first kappa shape index (κ1) is 13.0. The van der Waals surface area contributed by atoms with Gasteiger partial charge in [0.05, 0.1) is 16.8 Å². The number of nitrogens with one attached hydrogen (secondary N) is 1. The molecule has 0 fully saturated rings. The summed E-state index contributed by atoms with van der Waals surface area (Å²) in [4.78, 5) is 14.3. The second-order valence-electron chi connectivity index (χ2n) is 4.41. The highest BCUT2D eigenvalue weighted by atomic mass is 16.6. The van der Waals surface area contributed by atoms with Crippen molar-refractivity contribution in [3.8, 4) is 0 Å². The maximum atomic E-state index is 10.6. The minimum atomic E-state index is -0.396. The Morgan fingerprint density at radius 1 is 1.26 bits per heavy atom. The van der Waals surface area contributed by atoms with Crippen molar-refractivity contribution >= 4 is 11.4 Å². The van der Waals surface area contributed by atoms with Crippen molar-refractivity contribution in [2.45, 2.75) is 19.9 Å². The van der Waals surface area contributed by atoms with E-state index in [9.17, 15) is 10.1 Å². The van der Waals surface area contributed by atoms with Gasteiger partial charge in [-0.3, -0.25) is 15.1 Å². The molecule has 0 aliphatic carbocycles. The zero-order chi connectivity index (χ0) is 13.8. The summed E-state index contributed by atoms with van der Waals surface area (Å²) >= 11 is 0. The van der Waals surface area contributed by atoms with Crippen LogP contribution in [-0.2, 0) is 0 Å². The number of aromatic nitrogens is 1. The number of nitrogens with zero attached hydrogens (tertiary/aromatic N) is 2. The van der Waals surface area contributed by atoms with Crippen LogP contribution in [0.4, 0.5) is 11.4 Å². The van der Waals surface area contributed by atoms with Crippen LogP contribution in [0.15, 0.2) is 42.7 Å². The molecule has 1 atom stereocenters. The van der Waals surface area contributed by atoms with Crippen LogP contribution in [0.2, 0.25) is 0 Å². The van der Waals surface area contributed by atoms with Gasteiger partial charge in [-0.2, -0.15) is 0 Å². The summed E-state index contributed by atoms with van der Waals surface area (Å²) in [6.07, 6.45) is 3.52. The number of hydrogen-bond acceptors (Lipinski definition) is 4. The Hall–Kier alpha value is -2.43. The van der Waals surface area contributed by atoms with E-state index in [1.807, 2.05) is 19.9 Å². The predicted octanol–water partition coefficient (Wildman–Crippen LogP) is 3.47. The highest BCUT2D eigenvalue weighted by Crippen LogP contribution is 2.22. The molecular weight excluding hydrogens is 242 g/mol. The molecule has 0 spiro atoms. The molecule has 2 rings (SSSR count). The van der Waals surface area contributed by atoms with E-state index in [0.717, 1.165) is 16.8 Å². The first-order valence-corrected chi connectivity index (χ1v) is 5.99. The molecule has 19 heavy (non-hydrogen) atoms. The molecule has 0 saturated carbocycles. The van der Waals surface area contributed by atoms with Gasteiger partial charge in [-0.25, -0.2) is 0 Å². The van der Waals surface area contributed by atoms with E-state index in [-0.39, 0.29) is 11.7 Å². The minimum Gasteiger partial charge on any atom is -0.377 e. The number of anilines is 1. The number of benzene rings is 1. The third-order valence-electron chi connectivity index (χ3n) is 3.01. The molecule has 1 heterocycles. The van der Waals surface area contributed by atoms with Gasteiger partial charge in [0, 0.05) is 24.4 Å². The van der Waals surface area contributed by atoms with Crippen molar-refractivity contribution in [2.75, 3.05) is 5.32 Å². The summed E-state index contributed by atoms with van der Waals surface area (Å²) in [5, 5.41) is 13.9. The lowest BCUT2D eigenvalue weighted by Gasteiger charge is -2.16. The average molecular weight is 257 g/mol. The number of non-ortho nitro benzene ring substituents is 1. The number of nitro groups is 1. The fourth-order valence-corrected chi connectivity index (χ4v) is 1.82. The number of pyridine rings is 1. The van der Waals surface area contributed by atoms with Gasteiger partial charge in [0.1, 0.15) is 0 Å². The molecule has 1 unspecified atom stereocenters. The molecule has 1 aromatic carbocycles. The Labute approximate surface area is 111 Å². The lowest BCUT2D eigenvalue weighted by molar-refractivity contribution is -0.384. The van der Waals surface area contributed by atoms with Crippen LogP contribution in [0.5, 0.6) is 0 Å². The van der Waals surface area contributed by atoms with Gasteiger partial charge in [0.25, 0.3) is 5.69 Å². The van der Waals surface area contributed by atoms with Crippen molar-refractivity contribution < 1.29 is 4.92 Å².